The summed E-state index contributed by atoms with van der Waals surface area (Å²) in [6.45, 7) is 1.78. The Kier molecular flexibility index (Phi) is 5.60. The Hall–Kier alpha value is -2.05. The Labute approximate surface area is 149 Å². The minimum Gasteiger partial charge on any atom is -0.772 e. The van der Waals surface area contributed by atoms with Gasteiger partial charge in [0, 0.05) is 28.6 Å². The third kappa shape index (κ3) is 4.52. The average Bonchev–Trinajstić information content (AvgIpc) is 3.09. The molecule has 1 unspecified atom stereocenters. The van der Waals surface area contributed by atoms with E-state index in [-0.39, 0.29) is 11.3 Å². The summed E-state index contributed by atoms with van der Waals surface area (Å²) in [5, 5.41) is 0. The zero-order valence-corrected chi connectivity index (χ0v) is 15.0. The van der Waals surface area contributed by atoms with Gasteiger partial charge in [0.25, 0.3) is 5.56 Å². The molecular formula is C19H21N2O3S-. The first-order chi connectivity index (χ1) is 12.0. The molecule has 0 amide bonds. The number of H-pyrrole nitrogens is 1. The largest absolute Gasteiger partial charge is 0.772 e. The van der Waals surface area contributed by atoms with Crippen molar-refractivity contribution in [2.24, 2.45) is 5.92 Å². The number of hydrogen-bond acceptors (Lipinski definition) is 4. The van der Waals surface area contributed by atoms with Gasteiger partial charge in [-0.15, -0.1) is 0 Å². The van der Waals surface area contributed by atoms with Gasteiger partial charge in [-0.1, -0.05) is 31.1 Å². The van der Waals surface area contributed by atoms with Crippen LogP contribution in [0.15, 0.2) is 41.3 Å². The van der Waals surface area contributed by atoms with Crippen molar-refractivity contribution in [3.63, 3.8) is 0 Å². The Bertz CT molecular complexity index is 850. The van der Waals surface area contributed by atoms with Crippen LogP contribution >= 0.6 is 0 Å². The van der Waals surface area contributed by atoms with Gasteiger partial charge in [0.2, 0.25) is 0 Å². The molecule has 2 aromatic heterocycles. The summed E-state index contributed by atoms with van der Waals surface area (Å²) < 4.78 is 21.6. The standard InChI is InChI=1S/C19H22N2O3S/c1-13-6-9-18(21-19(13)22)17(10-14-4-2-3-5-14)15-7-8-16(20-11-15)12-25(23)24/h6-11,14H,2-5,12H2,1H3,(H,21,22)(H,23,24)/p-1/b17-10+. The monoisotopic (exact) mass is 357 g/mol. The van der Waals surface area contributed by atoms with Crippen LogP contribution in [0.2, 0.25) is 0 Å². The molecule has 2 heterocycles. The van der Waals surface area contributed by atoms with Crippen LogP contribution < -0.4 is 5.56 Å². The second-order valence-electron chi connectivity index (χ2n) is 6.50. The van der Waals surface area contributed by atoms with Gasteiger partial charge in [-0.25, -0.2) is 0 Å². The molecule has 132 valence electrons. The molecule has 1 fully saturated rings. The quantitative estimate of drug-likeness (QED) is 0.833. The lowest BCUT2D eigenvalue weighted by atomic mass is 9.96. The van der Waals surface area contributed by atoms with E-state index in [0.717, 1.165) is 29.7 Å². The maximum absolute atomic E-state index is 12.0. The Morgan fingerprint density at radius 3 is 2.68 bits per heavy atom. The van der Waals surface area contributed by atoms with Gasteiger partial charge in [-0.05, 0) is 48.9 Å². The molecule has 1 N–H and O–H groups in total. The number of aromatic nitrogens is 2. The highest BCUT2D eigenvalue weighted by Gasteiger charge is 2.16. The molecular weight excluding hydrogens is 336 g/mol. The lowest BCUT2D eigenvalue weighted by Gasteiger charge is -2.12. The van der Waals surface area contributed by atoms with Crippen molar-refractivity contribution >= 4 is 16.7 Å². The van der Waals surface area contributed by atoms with E-state index in [4.69, 9.17) is 0 Å². The number of aromatic amines is 1. The predicted octanol–water partition coefficient (Wildman–Crippen LogP) is 3.08. The number of rotatable bonds is 5. The molecule has 0 bridgehead atoms. The zero-order valence-electron chi connectivity index (χ0n) is 14.2. The fourth-order valence-electron chi connectivity index (χ4n) is 3.19. The SMILES string of the molecule is Cc1ccc(/C(=C/C2CCCC2)c2ccc(CS(=O)[O-])nc2)[nH]c1=O. The van der Waals surface area contributed by atoms with E-state index in [2.05, 4.69) is 16.0 Å². The highest BCUT2D eigenvalue weighted by molar-refractivity contribution is 7.78. The Morgan fingerprint density at radius 1 is 1.32 bits per heavy atom. The molecule has 0 radical (unpaired) electrons. The molecule has 0 aromatic carbocycles. The molecule has 0 aliphatic heterocycles. The zero-order chi connectivity index (χ0) is 17.8. The number of hydrogen-bond donors (Lipinski definition) is 1. The van der Waals surface area contributed by atoms with E-state index in [1.165, 1.54) is 12.8 Å². The molecule has 0 saturated heterocycles. The van der Waals surface area contributed by atoms with Gasteiger partial charge >= 0.3 is 0 Å². The van der Waals surface area contributed by atoms with E-state index in [9.17, 15) is 13.6 Å². The Morgan fingerprint density at radius 2 is 2.08 bits per heavy atom. The molecule has 0 spiro atoms. The molecule has 1 atom stereocenters. The second-order valence-corrected chi connectivity index (χ2v) is 7.39. The first kappa shape index (κ1) is 17.8. The number of nitrogens with one attached hydrogen (secondary N) is 1. The van der Waals surface area contributed by atoms with Crippen molar-refractivity contribution in [2.45, 2.75) is 38.4 Å². The lowest BCUT2D eigenvalue weighted by Crippen LogP contribution is -2.11. The van der Waals surface area contributed by atoms with Crippen LogP contribution in [-0.4, -0.2) is 18.7 Å². The summed E-state index contributed by atoms with van der Waals surface area (Å²) in [7, 11) is 0. The molecule has 3 rings (SSSR count). The number of aryl methyl sites for hydroxylation is 1. The van der Waals surface area contributed by atoms with Crippen molar-refractivity contribution in [3.8, 4) is 0 Å². The van der Waals surface area contributed by atoms with Crippen molar-refractivity contribution in [1.29, 1.82) is 0 Å². The smallest absolute Gasteiger partial charge is 0.251 e. The van der Waals surface area contributed by atoms with Crippen LogP contribution in [0.25, 0.3) is 5.57 Å². The van der Waals surface area contributed by atoms with Gasteiger partial charge in [0.05, 0.1) is 11.4 Å². The molecule has 1 saturated carbocycles. The molecule has 2 aromatic rings. The summed E-state index contributed by atoms with van der Waals surface area (Å²) in [6, 6.07) is 7.32. The first-order valence-electron chi connectivity index (χ1n) is 8.46. The molecule has 1 aliphatic rings. The fourth-order valence-corrected chi connectivity index (χ4v) is 3.61. The number of nitrogens with zero attached hydrogens (tertiary/aromatic N) is 1. The third-order valence-corrected chi connectivity index (χ3v) is 5.13. The fraction of sp³-hybridized carbons (Fsp3) is 0.368. The van der Waals surface area contributed by atoms with Crippen molar-refractivity contribution in [2.75, 3.05) is 0 Å². The van der Waals surface area contributed by atoms with E-state index < -0.39 is 11.1 Å². The second kappa shape index (κ2) is 7.89. The maximum atomic E-state index is 12.0. The van der Waals surface area contributed by atoms with Gasteiger partial charge in [-0.2, -0.15) is 0 Å². The summed E-state index contributed by atoms with van der Waals surface area (Å²) in [5.74, 6) is 0.400. The van der Waals surface area contributed by atoms with Crippen LogP contribution in [0.4, 0.5) is 0 Å². The first-order valence-corrected chi connectivity index (χ1v) is 9.70. The van der Waals surface area contributed by atoms with Crippen molar-refractivity contribution in [3.05, 3.63) is 69.4 Å². The van der Waals surface area contributed by atoms with E-state index in [0.29, 0.717) is 17.2 Å². The average molecular weight is 357 g/mol. The van der Waals surface area contributed by atoms with Crippen LogP contribution in [0.1, 0.15) is 48.2 Å². The Balaban J connectivity index is 1.99. The summed E-state index contributed by atoms with van der Waals surface area (Å²) in [6.07, 6.45) is 8.66. The van der Waals surface area contributed by atoms with Crippen LogP contribution in [0.3, 0.4) is 0 Å². The van der Waals surface area contributed by atoms with Gasteiger partial charge in [-0.3, -0.25) is 14.0 Å². The minimum absolute atomic E-state index is 0.0939. The summed E-state index contributed by atoms with van der Waals surface area (Å²) in [5.41, 5.74) is 3.69. The summed E-state index contributed by atoms with van der Waals surface area (Å²) in [4.78, 5) is 19.2. The molecule has 25 heavy (non-hydrogen) atoms. The van der Waals surface area contributed by atoms with Gasteiger partial charge < -0.3 is 9.54 Å². The summed E-state index contributed by atoms with van der Waals surface area (Å²) >= 11 is -2.15. The van der Waals surface area contributed by atoms with E-state index >= 15 is 0 Å². The minimum atomic E-state index is -2.15. The molecule has 6 heteroatoms. The van der Waals surface area contributed by atoms with Crippen molar-refractivity contribution in [1.82, 2.24) is 9.97 Å². The molecule has 5 nitrogen and oxygen atoms in total. The normalized spacial score (nSPS) is 17.0. The predicted molar refractivity (Wildman–Crippen MR) is 97.7 cm³/mol. The maximum Gasteiger partial charge on any atom is 0.251 e. The van der Waals surface area contributed by atoms with Crippen LogP contribution in [0.5, 0.6) is 0 Å². The third-order valence-electron chi connectivity index (χ3n) is 4.60. The van der Waals surface area contributed by atoms with E-state index in [1.54, 1.807) is 19.2 Å². The van der Waals surface area contributed by atoms with E-state index in [1.807, 2.05) is 18.2 Å². The van der Waals surface area contributed by atoms with Crippen molar-refractivity contribution < 1.29 is 8.76 Å². The van der Waals surface area contributed by atoms with Crippen LogP contribution in [-0.2, 0) is 16.8 Å². The lowest BCUT2D eigenvalue weighted by molar-refractivity contribution is 0.535. The number of allylic oxidation sites excluding steroid dienone is 1. The van der Waals surface area contributed by atoms with Crippen LogP contribution in [0, 0.1) is 12.8 Å². The molecule has 1 aliphatic carbocycles. The topological polar surface area (TPSA) is 85.9 Å². The van der Waals surface area contributed by atoms with Gasteiger partial charge in [0.15, 0.2) is 0 Å². The highest BCUT2D eigenvalue weighted by Crippen LogP contribution is 2.31. The number of pyridine rings is 2. The van der Waals surface area contributed by atoms with Gasteiger partial charge in [0.1, 0.15) is 0 Å². The highest BCUT2D eigenvalue weighted by atomic mass is 32.2.